The van der Waals surface area contributed by atoms with E-state index in [9.17, 15) is 0 Å². The zero-order chi connectivity index (χ0) is 20.3. The fourth-order valence-corrected chi connectivity index (χ4v) is 3.32. The molecule has 8 heteroatoms. The van der Waals surface area contributed by atoms with Crippen LogP contribution in [0.25, 0.3) is 34.3 Å². The predicted molar refractivity (Wildman–Crippen MR) is 112 cm³/mol. The van der Waals surface area contributed by atoms with Crippen LogP contribution < -0.4 is 4.90 Å². The van der Waals surface area contributed by atoms with E-state index < -0.39 is 0 Å². The summed E-state index contributed by atoms with van der Waals surface area (Å²) in [5.74, 6) is 1.74. The van der Waals surface area contributed by atoms with Crippen LogP contribution in [-0.2, 0) is 4.74 Å². The Morgan fingerprint density at radius 3 is 2.40 bits per heavy atom. The maximum atomic E-state index is 5.87. The van der Waals surface area contributed by atoms with E-state index in [0.29, 0.717) is 23.2 Å². The van der Waals surface area contributed by atoms with Crippen LogP contribution in [0.2, 0.25) is 0 Å². The van der Waals surface area contributed by atoms with Crippen molar-refractivity contribution in [2.75, 3.05) is 31.2 Å². The number of hydrogen-bond acceptors (Lipinski definition) is 8. The van der Waals surface area contributed by atoms with Crippen molar-refractivity contribution in [2.24, 2.45) is 0 Å². The quantitative estimate of drug-likeness (QED) is 0.515. The van der Waals surface area contributed by atoms with Gasteiger partial charge in [-0.3, -0.25) is 4.98 Å². The number of aryl methyl sites for hydroxylation is 1. The summed E-state index contributed by atoms with van der Waals surface area (Å²) < 4.78 is 11.3. The molecule has 5 rings (SSSR count). The molecule has 1 aliphatic heterocycles. The van der Waals surface area contributed by atoms with Crippen LogP contribution >= 0.6 is 0 Å². The smallest absolute Gasteiger partial charge is 0.268 e. The number of ether oxygens (including phenoxy) is 1. The van der Waals surface area contributed by atoms with E-state index in [4.69, 9.17) is 14.1 Å². The molecule has 0 unspecified atom stereocenters. The highest BCUT2D eigenvalue weighted by Gasteiger charge is 2.17. The summed E-state index contributed by atoms with van der Waals surface area (Å²) in [5.41, 5.74) is 3.74. The lowest BCUT2D eigenvalue weighted by molar-refractivity contribution is 0.122. The van der Waals surface area contributed by atoms with Crippen LogP contribution in [0.4, 0.5) is 5.82 Å². The lowest BCUT2D eigenvalue weighted by Gasteiger charge is -2.27. The van der Waals surface area contributed by atoms with E-state index in [0.717, 1.165) is 48.9 Å². The second-order valence-corrected chi connectivity index (χ2v) is 6.97. The predicted octanol–water partition coefficient (Wildman–Crippen LogP) is 3.40. The Labute approximate surface area is 173 Å². The van der Waals surface area contributed by atoms with Gasteiger partial charge in [0.1, 0.15) is 11.5 Å². The van der Waals surface area contributed by atoms with Gasteiger partial charge in [0, 0.05) is 30.4 Å². The standard InChI is InChI=1S/C22H20N6O2/c1-15-20(22-27-26-21(30-22)16-5-3-2-4-6-16)25-18(14-23-15)17-7-8-19(24-13-17)28-9-11-29-12-10-28/h2-8,13-14H,9-12H2,1H3. The van der Waals surface area contributed by atoms with Crippen LogP contribution in [0.15, 0.2) is 59.3 Å². The zero-order valence-corrected chi connectivity index (χ0v) is 16.5. The topological polar surface area (TPSA) is 90.1 Å². The van der Waals surface area contributed by atoms with Gasteiger partial charge in [0.25, 0.3) is 5.89 Å². The molecular formula is C22H20N6O2. The second-order valence-electron chi connectivity index (χ2n) is 6.97. The van der Waals surface area contributed by atoms with Gasteiger partial charge in [-0.15, -0.1) is 10.2 Å². The Balaban J connectivity index is 1.43. The average Bonchev–Trinajstić information content (AvgIpc) is 3.31. The summed E-state index contributed by atoms with van der Waals surface area (Å²) in [7, 11) is 0. The largest absolute Gasteiger partial charge is 0.415 e. The third-order valence-electron chi connectivity index (χ3n) is 4.98. The summed E-state index contributed by atoms with van der Waals surface area (Å²) in [5, 5.41) is 8.34. The van der Waals surface area contributed by atoms with Gasteiger partial charge in [-0.05, 0) is 31.2 Å². The molecule has 1 aromatic carbocycles. The van der Waals surface area contributed by atoms with Gasteiger partial charge in [0.15, 0.2) is 0 Å². The van der Waals surface area contributed by atoms with Crippen molar-refractivity contribution in [3.05, 3.63) is 60.6 Å². The first-order valence-electron chi connectivity index (χ1n) is 9.80. The molecule has 4 aromatic rings. The number of rotatable bonds is 4. The summed E-state index contributed by atoms with van der Waals surface area (Å²) in [6.45, 7) is 5.03. The first-order valence-corrected chi connectivity index (χ1v) is 9.80. The lowest BCUT2D eigenvalue weighted by Crippen LogP contribution is -2.36. The van der Waals surface area contributed by atoms with Gasteiger partial charge in [0.05, 0.1) is 30.8 Å². The van der Waals surface area contributed by atoms with E-state index in [-0.39, 0.29) is 0 Å². The number of aromatic nitrogens is 5. The number of morpholine rings is 1. The molecular weight excluding hydrogens is 380 g/mol. The van der Waals surface area contributed by atoms with E-state index in [1.54, 1.807) is 6.20 Å². The molecule has 1 fully saturated rings. The molecule has 8 nitrogen and oxygen atoms in total. The van der Waals surface area contributed by atoms with Gasteiger partial charge >= 0.3 is 0 Å². The molecule has 0 radical (unpaired) electrons. The molecule has 150 valence electrons. The Morgan fingerprint density at radius 1 is 0.833 bits per heavy atom. The highest BCUT2D eigenvalue weighted by atomic mass is 16.5. The van der Waals surface area contributed by atoms with Crippen LogP contribution in [0.1, 0.15) is 5.69 Å². The van der Waals surface area contributed by atoms with Crippen LogP contribution in [0, 0.1) is 6.92 Å². The Hall–Kier alpha value is -3.65. The molecule has 4 heterocycles. The fraction of sp³-hybridized carbons (Fsp3) is 0.227. The molecule has 1 saturated heterocycles. The summed E-state index contributed by atoms with van der Waals surface area (Å²) >= 11 is 0. The van der Waals surface area contributed by atoms with Crippen molar-refractivity contribution in [3.8, 4) is 34.3 Å². The molecule has 0 amide bonds. The highest BCUT2D eigenvalue weighted by Crippen LogP contribution is 2.27. The van der Waals surface area contributed by atoms with Crippen LogP contribution in [0.3, 0.4) is 0 Å². The molecule has 0 N–H and O–H groups in total. The van der Waals surface area contributed by atoms with Crippen molar-refractivity contribution >= 4 is 5.82 Å². The fourth-order valence-electron chi connectivity index (χ4n) is 3.32. The Morgan fingerprint density at radius 2 is 1.63 bits per heavy atom. The molecule has 0 bridgehead atoms. The van der Waals surface area contributed by atoms with Gasteiger partial charge in [0.2, 0.25) is 5.89 Å². The number of hydrogen-bond donors (Lipinski definition) is 0. The average molecular weight is 400 g/mol. The minimum atomic E-state index is 0.346. The Kier molecular flexibility index (Phi) is 4.90. The normalized spacial score (nSPS) is 14.1. The van der Waals surface area contributed by atoms with E-state index >= 15 is 0 Å². The second kappa shape index (κ2) is 8.00. The first kappa shape index (κ1) is 18.4. The third-order valence-corrected chi connectivity index (χ3v) is 4.98. The SMILES string of the molecule is Cc1ncc(-c2ccc(N3CCOCC3)nc2)nc1-c1nnc(-c2ccccc2)o1. The minimum Gasteiger partial charge on any atom is -0.415 e. The number of nitrogens with zero attached hydrogens (tertiary/aromatic N) is 6. The highest BCUT2D eigenvalue weighted by molar-refractivity contribution is 5.64. The van der Waals surface area contributed by atoms with Gasteiger partial charge in [-0.1, -0.05) is 18.2 Å². The lowest BCUT2D eigenvalue weighted by atomic mass is 10.2. The zero-order valence-electron chi connectivity index (χ0n) is 16.5. The van der Waals surface area contributed by atoms with Crippen molar-refractivity contribution in [3.63, 3.8) is 0 Å². The maximum absolute atomic E-state index is 5.87. The van der Waals surface area contributed by atoms with Crippen molar-refractivity contribution < 1.29 is 9.15 Å². The molecule has 30 heavy (non-hydrogen) atoms. The summed E-state index contributed by atoms with van der Waals surface area (Å²) in [6.07, 6.45) is 3.55. The van der Waals surface area contributed by atoms with E-state index in [2.05, 4.69) is 25.1 Å². The van der Waals surface area contributed by atoms with Crippen LogP contribution in [0.5, 0.6) is 0 Å². The number of pyridine rings is 1. The molecule has 1 aliphatic rings. The Bertz CT molecular complexity index is 1140. The molecule has 3 aromatic heterocycles. The molecule has 0 spiro atoms. The van der Waals surface area contributed by atoms with E-state index in [1.165, 1.54) is 0 Å². The number of benzene rings is 1. The minimum absolute atomic E-state index is 0.346. The monoisotopic (exact) mass is 400 g/mol. The van der Waals surface area contributed by atoms with Gasteiger partial charge in [-0.25, -0.2) is 9.97 Å². The van der Waals surface area contributed by atoms with Crippen molar-refractivity contribution in [2.45, 2.75) is 6.92 Å². The van der Waals surface area contributed by atoms with Crippen molar-refractivity contribution in [1.29, 1.82) is 0 Å². The molecule has 0 aliphatic carbocycles. The third kappa shape index (κ3) is 3.65. The van der Waals surface area contributed by atoms with Gasteiger partial charge in [-0.2, -0.15) is 0 Å². The van der Waals surface area contributed by atoms with Crippen LogP contribution in [-0.4, -0.2) is 51.5 Å². The number of anilines is 1. The van der Waals surface area contributed by atoms with E-state index in [1.807, 2.05) is 55.6 Å². The summed E-state index contributed by atoms with van der Waals surface area (Å²) in [4.78, 5) is 16.0. The van der Waals surface area contributed by atoms with Crippen molar-refractivity contribution in [1.82, 2.24) is 25.1 Å². The first-order chi connectivity index (χ1) is 14.8. The summed E-state index contributed by atoms with van der Waals surface area (Å²) in [6, 6.07) is 13.7. The van der Waals surface area contributed by atoms with Gasteiger partial charge < -0.3 is 14.1 Å². The molecule has 0 atom stereocenters. The molecule has 0 saturated carbocycles. The maximum Gasteiger partial charge on any atom is 0.268 e.